The van der Waals surface area contributed by atoms with Crippen LogP contribution in [0.5, 0.6) is 0 Å². The van der Waals surface area contributed by atoms with Crippen LogP contribution in [-0.2, 0) is 0 Å². The SMILES string of the molecule is c1cnc2cc(-c3ccc(N(c4ccc(-c5nc6ccccc6s5)cc4)c4ccc(-c5nc6ccccc6s5)cc4)cc3)ccc2c1. The van der Waals surface area contributed by atoms with Crippen LogP contribution in [-0.4, -0.2) is 15.0 Å². The Balaban J connectivity index is 1.09. The number of hydrogen-bond acceptors (Lipinski definition) is 6. The van der Waals surface area contributed by atoms with Crippen molar-refractivity contribution in [3.8, 4) is 32.3 Å². The molecule has 0 bridgehead atoms. The zero-order chi connectivity index (χ0) is 31.2. The molecular weight excluding hydrogens is 613 g/mol. The summed E-state index contributed by atoms with van der Waals surface area (Å²) in [5.41, 5.74) is 10.8. The third-order valence-corrected chi connectivity index (χ3v) is 10.6. The molecule has 0 saturated carbocycles. The van der Waals surface area contributed by atoms with Crippen LogP contribution in [0.15, 0.2) is 158 Å². The quantitative estimate of drug-likeness (QED) is 0.182. The van der Waals surface area contributed by atoms with Crippen molar-refractivity contribution in [2.45, 2.75) is 0 Å². The lowest BCUT2D eigenvalue weighted by atomic mass is 10.0. The van der Waals surface area contributed by atoms with Crippen molar-refractivity contribution >= 4 is 71.1 Å². The molecule has 0 aliphatic heterocycles. The Hall–Kier alpha value is -5.69. The first-order valence-electron chi connectivity index (χ1n) is 15.4. The molecule has 222 valence electrons. The molecule has 3 aromatic heterocycles. The molecule has 3 heterocycles. The van der Waals surface area contributed by atoms with Gasteiger partial charge in [-0.1, -0.05) is 54.6 Å². The van der Waals surface area contributed by atoms with Gasteiger partial charge in [-0.25, -0.2) is 9.97 Å². The molecule has 9 rings (SSSR count). The minimum atomic E-state index is 0.997. The third-order valence-electron chi connectivity index (χ3n) is 8.40. The Labute approximate surface area is 279 Å². The predicted octanol–water partition coefficient (Wildman–Crippen LogP) is 11.9. The molecule has 0 aliphatic carbocycles. The van der Waals surface area contributed by atoms with Crippen molar-refractivity contribution in [1.82, 2.24) is 15.0 Å². The van der Waals surface area contributed by atoms with E-state index in [1.807, 2.05) is 24.4 Å². The van der Waals surface area contributed by atoms with Gasteiger partial charge < -0.3 is 4.90 Å². The molecule has 0 saturated heterocycles. The van der Waals surface area contributed by atoms with Crippen molar-refractivity contribution in [1.29, 1.82) is 0 Å². The summed E-state index contributed by atoms with van der Waals surface area (Å²) in [7, 11) is 0. The largest absolute Gasteiger partial charge is 0.311 e. The molecule has 0 unspecified atom stereocenters. The number of hydrogen-bond donors (Lipinski definition) is 0. The number of anilines is 3. The van der Waals surface area contributed by atoms with Crippen LogP contribution in [0.2, 0.25) is 0 Å². The topological polar surface area (TPSA) is 41.9 Å². The van der Waals surface area contributed by atoms with Gasteiger partial charge in [0.1, 0.15) is 10.0 Å². The second-order valence-corrected chi connectivity index (χ2v) is 13.4. The van der Waals surface area contributed by atoms with E-state index in [4.69, 9.17) is 9.97 Å². The van der Waals surface area contributed by atoms with E-state index >= 15 is 0 Å². The number of para-hydroxylation sites is 2. The zero-order valence-electron chi connectivity index (χ0n) is 25.1. The molecule has 6 aromatic carbocycles. The van der Waals surface area contributed by atoms with Crippen LogP contribution < -0.4 is 4.90 Å². The highest BCUT2D eigenvalue weighted by Crippen LogP contribution is 2.39. The molecule has 0 atom stereocenters. The van der Waals surface area contributed by atoms with E-state index in [1.165, 1.54) is 9.40 Å². The predicted molar refractivity (Wildman–Crippen MR) is 199 cm³/mol. The van der Waals surface area contributed by atoms with E-state index < -0.39 is 0 Å². The van der Waals surface area contributed by atoms with E-state index in [9.17, 15) is 0 Å². The van der Waals surface area contributed by atoms with Crippen molar-refractivity contribution in [2.75, 3.05) is 4.90 Å². The molecule has 0 aliphatic rings. The Bertz CT molecular complexity index is 2330. The molecule has 4 nitrogen and oxygen atoms in total. The van der Waals surface area contributed by atoms with Crippen molar-refractivity contribution < 1.29 is 0 Å². The standard InChI is InChI=1S/C41H26N4S2/c1-3-9-38-35(7-1)43-40(46-38)29-15-21-33(22-16-29)45(34-23-17-30(18-24-34)41-44-36-8-2-4-10-39(36)47-41)32-19-13-27(14-20-32)31-12-11-28-6-5-25-42-37(28)26-31/h1-26H. The van der Waals surface area contributed by atoms with Crippen molar-refractivity contribution in [3.63, 3.8) is 0 Å². The second kappa shape index (κ2) is 11.6. The van der Waals surface area contributed by atoms with E-state index in [0.717, 1.165) is 71.3 Å². The first-order valence-corrected chi connectivity index (χ1v) is 17.1. The highest BCUT2D eigenvalue weighted by Gasteiger charge is 2.15. The van der Waals surface area contributed by atoms with E-state index in [1.54, 1.807) is 22.7 Å². The third kappa shape index (κ3) is 5.23. The smallest absolute Gasteiger partial charge is 0.124 e. The maximum absolute atomic E-state index is 4.88. The van der Waals surface area contributed by atoms with Crippen LogP contribution in [0.1, 0.15) is 0 Å². The van der Waals surface area contributed by atoms with Gasteiger partial charge in [0.15, 0.2) is 0 Å². The van der Waals surface area contributed by atoms with E-state index in [2.05, 4.69) is 143 Å². The normalized spacial score (nSPS) is 11.4. The molecule has 0 fully saturated rings. The van der Waals surface area contributed by atoms with Gasteiger partial charge in [-0.15, -0.1) is 22.7 Å². The fourth-order valence-corrected chi connectivity index (χ4v) is 7.94. The number of nitrogens with zero attached hydrogens (tertiary/aromatic N) is 4. The van der Waals surface area contributed by atoms with E-state index in [0.29, 0.717) is 0 Å². The maximum Gasteiger partial charge on any atom is 0.124 e. The average Bonchev–Trinajstić information content (AvgIpc) is 3.78. The van der Waals surface area contributed by atoms with Crippen LogP contribution in [0.3, 0.4) is 0 Å². The number of pyridine rings is 1. The van der Waals surface area contributed by atoms with E-state index in [-0.39, 0.29) is 0 Å². The average molecular weight is 639 g/mol. The molecule has 9 aromatic rings. The lowest BCUT2D eigenvalue weighted by molar-refractivity contribution is 1.28. The lowest BCUT2D eigenvalue weighted by Gasteiger charge is -2.26. The minimum Gasteiger partial charge on any atom is -0.311 e. The monoisotopic (exact) mass is 638 g/mol. The van der Waals surface area contributed by atoms with Crippen LogP contribution in [0.25, 0.3) is 63.6 Å². The van der Waals surface area contributed by atoms with Gasteiger partial charge in [-0.3, -0.25) is 4.98 Å². The summed E-state index contributed by atoms with van der Waals surface area (Å²) in [5.74, 6) is 0. The van der Waals surface area contributed by atoms with Gasteiger partial charge in [-0.05, 0) is 108 Å². The van der Waals surface area contributed by atoms with Gasteiger partial charge >= 0.3 is 0 Å². The van der Waals surface area contributed by atoms with Crippen molar-refractivity contribution in [2.24, 2.45) is 0 Å². The van der Waals surface area contributed by atoms with Gasteiger partial charge in [0, 0.05) is 39.8 Å². The first kappa shape index (κ1) is 27.6. The second-order valence-electron chi connectivity index (χ2n) is 11.4. The summed E-state index contributed by atoms with van der Waals surface area (Å²) < 4.78 is 2.40. The van der Waals surface area contributed by atoms with Crippen LogP contribution in [0.4, 0.5) is 17.1 Å². The summed E-state index contributed by atoms with van der Waals surface area (Å²) in [6.45, 7) is 0. The number of aromatic nitrogens is 3. The molecular formula is C41H26N4S2. The molecule has 0 spiro atoms. The Morgan fingerprint density at radius 1 is 0.404 bits per heavy atom. The Kier molecular flexibility index (Phi) is 6.81. The molecule has 0 amide bonds. The van der Waals surface area contributed by atoms with Gasteiger partial charge in [0.2, 0.25) is 0 Å². The summed E-state index contributed by atoms with van der Waals surface area (Å²) >= 11 is 3.45. The molecule has 47 heavy (non-hydrogen) atoms. The lowest BCUT2D eigenvalue weighted by Crippen LogP contribution is -2.09. The van der Waals surface area contributed by atoms with Gasteiger partial charge in [0.05, 0.1) is 25.9 Å². The summed E-state index contributed by atoms with van der Waals surface area (Å²) in [6, 6.07) is 53.3. The highest BCUT2D eigenvalue weighted by molar-refractivity contribution is 7.22. The van der Waals surface area contributed by atoms with Gasteiger partial charge in [0.25, 0.3) is 0 Å². The van der Waals surface area contributed by atoms with Crippen LogP contribution in [0, 0.1) is 0 Å². The molecule has 0 N–H and O–H groups in total. The summed E-state index contributed by atoms with van der Waals surface area (Å²) in [4.78, 5) is 16.6. The maximum atomic E-state index is 4.88. The number of thiazole rings is 2. The summed E-state index contributed by atoms with van der Waals surface area (Å²) in [6.07, 6.45) is 1.84. The number of benzene rings is 6. The van der Waals surface area contributed by atoms with Gasteiger partial charge in [-0.2, -0.15) is 0 Å². The minimum absolute atomic E-state index is 0.997. The first-order chi connectivity index (χ1) is 23.2. The summed E-state index contributed by atoms with van der Waals surface area (Å²) in [5, 5.41) is 3.19. The fourth-order valence-electron chi connectivity index (χ4n) is 5.99. The van der Waals surface area contributed by atoms with Crippen molar-refractivity contribution in [3.05, 3.63) is 158 Å². The number of fused-ring (bicyclic) bond motifs is 3. The number of rotatable bonds is 6. The highest BCUT2D eigenvalue weighted by atomic mass is 32.1. The van der Waals surface area contributed by atoms with Crippen LogP contribution >= 0.6 is 22.7 Å². The molecule has 6 heteroatoms. The zero-order valence-corrected chi connectivity index (χ0v) is 26.7. The Morgan fingerprint density at radius 2 is 0.894 bits per heavy atom. The Morgan fingerprint density at radius 3 is 1.43 bits per heavy atom. The fraction of sp³-hybridized carbons (Fsp3) is 0. The molecule has 0 radical (unpaired) electrons.